The highest BCUT2D eigenvalue weighted by molar-refractivity contribution is 5.89. The van der Waals surface area contributed by atoms with Gasteiger partial charge in [0.25, 0.3) is 0 Å². The lowest BCUT2D eigenvalue weighted by Gasteiger charge is -2.45. The Morgan fingerprint density at radius 3 is 2.27 bits per heavy atom. The predicted octanol–water partition coefficient (Wildman–Crippen LogP) is 5.07. The molecule has 3 N–H and O–H groups in total. The molecule has 1 aliphatic heterocycles. The van der Waals surface area contributed by atoms with Crippen molar-refractivity contribution in [3.8, 4) is 11.5 Å². The largest absolute Gasteiger partial charge is 0.493 e. The Labute approximate surface area is 226 Å². The van der Waals surface area contributed by atoms with Gasteiger partial charge in [-0.2, -0.15) is 13.2 Å². The average molecular weight is 578 g/mol. The van der Waals surface area contributed by atoms with Crippen molar-refractivity contribution in [3.63, 3.8) is 0 Å². The fourth-order valence-electron chi connectivity index (χ4n) is 5.36. The van der Waals surface area contributed by atoms with Gasteiger partial charge in [0.15, 0.2) is 29.0 Å². The first-order valence-corrected chi connectivity index (χ1v) is 12.2. The van der Waals surface area contributed by atoms with E-state index in [-0.39, 0.29) is 17.5 Å². The van der Waals surface area contributed by atoms with Crippen LogP contribution in [0.3, 0.4) is 0 Å². The fraction of sp³-hybridized carbons (Fsp3) is 0.462. The zero-order valence-electron chi connectivity index (χ0n) is 21.9. The Hall–Kier alpha value is -3.68. The molecule has 14 heteroatoms. The van der Waals surface area contributed by atoms with Crippen LogP contribution in [-0.4, -0.2) is 68.1 Å². The highest BCUT2D eigenvalue weighted by atomic mass is 19.4. The van der Waals surface area contributed by atoms with E-state index >= 15 is 0 Å². The molecular weight excluding hydrogens is 548 g/mol. The number of nitrogens with zero attached hydrogens (tertiary/aromatic N) is 1. The van der Waals surface area contributed by atoms with Gasteiger partial charge in [0.1, 0.15) is 0 Å². The van der Waals surface area contributed by atoms with Gasteiger partial charge in [-0.3, -0.25) is 0 Å². The molecule has 4 rings (SSSR count). The molecule has 2 aromatic rings. The van der Waals surface area contributed by atoms with Crippen LogP contribution in [0.15, 0.2) is 30.3 Å². The Bertz CT molecular complexity index is 1240. The number of amides is 2. The number of carbonyl (C=O) groups is 2. The van der Waals surface area contributed by atoms with Gasteiger partial charge < -0.3 is 30.1 Å². The summed E-state index contributed by atoms with van der Waals surface area (Å²) in [5.74, 6) is -5.73. The number of methoxy groups -OCH3 is 2. The topological polar surface area (TPSA) is 100 Å². The minimum atomic E-state index is -5.08. The monoisotopic (exact) mass is 577 g/mol. The van der Waals surface area contributed by atoms with Gasteiger partial charge in [0.05, 0.1) is 19.9 Å². The number of alkyl halides is 3. The first kappa shape index (κ1) is 30.9. The van der Waals surface area contributed by atoms with Crippen LogP contribution in [0.5, 0.6) is 11.5 Å². The number of anilines is 1. The van der Waals surface area contributed by atoms with Crippen LogP contribution in [0.1, 0.15) is 31.2 Å². The molecule has 2 aliphatic rings. The van der Waals surface area contributed by atoms with Crippen molar-refractivity contribution in [2.45, 2.75) is 49.4 Å². The molecule has 0 spiro atoms. The van der Waals surface area contributed by atoms with E-state index in [4.69, 9.17) is 19.4 Å². The number of likely N-dealkylation sites (tertiary alicyclic amines) is 1. The van der Waals surface area contributed by atoms with Crippen molar-refractivity contribution >= 4 is 17.7 Å². The maximum atomic E-state index is 13.9. The molecule has 1 saturated carbocycles. The van der Waals surface area contributed by atoms with E-state index in [9.17, 15) is 31.1 Å². The number of hydrogen-bond acceptors (Lipinski definition) is 5. The molecule has 8 nitrogen and oxygen atoms in total. The zero-order valence-corrected chi connectivity index (χ0v) is 21.9. The second-order valence-corrected chi connectivity index (χ2v) is 9.57. The quantitative estimate of drug-likeness (QED) is 0.339. The number of nitrogens with one attached hydrogen (secondary N) is 2. The molecule has 1 aliphatic carbocycles. The number of urea groups is 1. The van der Waals surface area contributed by atoms with Crippen LogP contribution in [0.4, 0.5) is 36.8 Å². The number of ether oxygens (including phenoxy) is 2. The summed E-state index contributed by atoms with van der Waals surface area (Å²) in [7, 11) is 5.30. The van der Waals surface area contributed by atoms with Crippen molar-refractivity contribution in [1.29, 1.82) is 0 Å². The van der Waals surface area contributed by atoms with Crippen LogP contribution in [0.2, 0.25) is 0 Å². The predicted molar refractivity (Wildman–Crippen MR) is 132 cm³/mol. The van der Waals surface area contributed by atoms with Crippen LogP contribution in [-0.2, 0) is 10.2 Å². The van der Waals surface area contributed by atoms with Gasteiger partial charge in [-0.15, -0.1) is 0 Å². The molecule has 2 amide bonds. The molecule has 1 heterocycles. The summed E-state index contributed by atoms with van der Waals surface area (Å²) in [5, 5.41) is 12.3. The van der Waals surface area contributed by atoms with E-state index in [0.29, 0.717) is 17.9 Å². The van der Waals surface area contributed by atoms with Gasteiger partial charge in [-0.25, -0.2) is 22.8 Å². The number of carboxylic acid groups (broad SMARTS) is 1. The van der Waals surface area contributed by atoms with Gasteiger partial charge in [-0.05, 0) is 69.1 Å². The SMILES string of the molecule is COc1ccc([C@@]23CC[C@@H](NC(=O)Nc4ccc(F)c(F)c4F)C[C@@H]2N(C)CC3)cc1OC.O=C(O)C(F)(F)F. The second-order valence-electron chi connectivity index (χ2n) is 9.57. The molecule has 0 bridgehead atoms. The van der Waals surface area contributed by atoms with Crippen molar-refractivity contribution in [3.05, 3.63) is 53.3 Å². The molecule has 40 heavy (non-hydrogen) atoms. The lowest BCUT2D eigenvalue weighted by molar-refractivity contribution is -0.192. The van der Waals surface area contributed by atoms with Gasteiger partial charge in [0, 0.05) is 17.5 Å². The van der Waals surface area contributed by atoms with Crippen molar-refractivity contribution in [1.82, 2.24) is 10.2 Å². The third-order valence-corrected chi connectivity index (χ3v) is 7.35. The van der Waals surface area contributed by atoms with E-state index in [1.807, 2.05) is 12.1 Å². The summed E-state index contributed by atoms with van der Waals surface area (Å²) in [6.45, 7) is 0.929. The fourth-order valence-corrected chi connectivity index (χ4v) is 5.36. The standard InChI is InChI=1S/C24H28F3N3O3.C2HF3O2/c1-30-11-10-24(14-4-7-18(32-2)19(12-14)33-3)9-8-15(13-20(24)30)28-23(31)29-17-6-5-16(25)21(26)22(17)27;3-2(4,5)1(6)7/h4-7,12,15,20H,8-11,13H2,1-3H3,(H2,28,29,31);(H,6,7)/t15-,20+,24+;/m1./s1. The zero-order chi connectivity index (χ0) is 29.8. The van der Waals surface area contributed by atoms with E-state index in [1.54, 1.807) is 14.2 Å². The second kappa shape index (κ2) is 12.2. The summed E-state index contributed by atoms with van der Waals surface area (Å²) in [5.41, 5.74) is 0.705. The molecule has 2 aromatic carbocycles. The summed E-state index contributed by atoms with van der Waals surface area (Å²) in [6, 6.07) is 7.22. The number of hydrogen-bond donors (Lipinski definition) is 3. The number of fused-ring (bicyclic) bond motifs is 1. The summed E-state index contributed by atoms with van der Waals surface area (Å²) in [6.07, 6.45) is -1.81. The van der Waals surface area contributed by atoms with Gasteiger partial charge in [0.2, 0.25) is 0 Å². The number of benzene rings is 2. The van der Waals surface area contributed by atoms with Crippen LogP contribution in [0.25, 0.3) is 0 Å². The maximum Gasteiger partial charge on any atom is 0.490 e. The Morgan fingerprint density at radius 2 is 1.68 bits per heavy atom. The van der Waals surface area contributed by atoms with E-state index in [2.05, 4.69) is 28.6 Å². The van der Waals surface area contributed by atoms with Gasteiger partial charge in [-0.1, -0.05) is 6.07 Å². The third kappa shape index (κ3) is 6.54. The Kier molecular flexibility index (Phi) is 9.44. The van der Waals surface area contributed by atoms with Crippen LogP contribution < -0.4 is 20.1 Å². The lowest BCUT2D eigenvalue weighted by atomic mass is 9.65. The van der Waals surface area contributed by atoms with E-state index < -0.39 is 41.3 Å². The molecule has 0 radical (unpaired) electrons. The normalized spacial score (nSPS) is 22.4. The molecule has 1 saturated heterocycles. The Balaban J connectivity index is 0.000000559. The third-order valence-electron chi connectivity index (χ3n) is 7.35. The number of halogens is 6. The molecule has 0 unspecified atom stereocenters. The highest BCUT2D eigenvalue weighted by Crippen LogP contribution is 2.49. The smallest absolute Gasteiger partial charge is 0.490 e. The number of carbonyl (C=O) groups excluding carboxylic acids is 1. The van der Waals surface area contributed by atoms with Crippen molar-refractivity contribution in [2.75, 3.05) is 33.1 Å². The average Bonchev–Trinajstić information content (AvgIpc) is 3.25. The minimum Gasteiger partial charge on any atom is -0.493 e. The van der Waals surface area contributed by atoms with Crippen LogP contribution in [0, 0.1) is 17.5 Å². The highest BCUT2D eigenvalue weighted by Gasteiger charge is 2.50. The maximum absolute atomic E-state index is 13.9. The minimum absolute atomic E-state index is 0.0743. The summed E-state index contributed by atoms with van der Waals surface area (Å²) in [4.78, 5) is 23.7. The molecule has 220 valence electrons. The first-order valence-electron chi connectivity index (χ1n) is 12.2. The molecule has 0 aromatic heterocycles. The van der Waals surface area contributed by atoms with Crippen molar-refractivity contribution < 1.29 is 50.5 Å². The molecular formula is C26H29F6N3O5. The van der Waals surface area contributed by atoms with Gasteiger partial charge >= 0.3 is 18.2 Å². The molecule has 2 fully saturated rings. The first-order chi connectivity index (χ1) is 18.7. The summed E-state index contributed by atoms with van der Waals surface area (Å²) < 4.78 is 83.1. The number of aliphatic carboxylic acids is 1. The Morgan fingerprint density at radius 1 is 1.02 bits per heavy atom. The van der Waals surface area contributed by atoms with Crippen LogP contribution >= 0.6 is 0 Å². The molecule has 3 atom stereocenters. The number of rotatable bonds is 5. The number of likely N-dealkylation sites (N-methyl/N-ethyl adjacent to an activating group) is 1. The lowest BCUT2D eigenvalue weighted by Crippen LogP contribution is -2.52. The van der Waals surface area contributed by atoms with Crippen molar-refractivity contribution in [2.24, 2.45) is 0 Å². The van der Waals surface area contributed by atoms with E-state index in [1.165, 1.54) is 5.56 Å². The summed E-state index contributed by atoms with van der Waals surface area (Å²) >= 11 is 0. The van der Waals surface area contributed by atoms with E-state index in [0.717, 1.165) is 37.9 Å². The number of carboxylic acids is 1.